The normalized spacial score (nSPS) is 10.3. The average Bonchev–Trinajstić information content (AvgIpc) is 2.36. The second-order valence-electron chi connectivity index (χ2n) is 4.86. The molecule has 2 aromatic carbocycles. The van der Waals surface area contributed by atoms with Gasteiger partial charge in [0.05, 0.1) is 11.4 Å². The van der Waals surface area contributed by atoms with Crippen molar-refractivity contribution in [1.29, 1.82) is 0 Å². The van der Waals surface area contributed by atoms with Gasteiger partial charge in [0.2, 0.25) is 0 Å². The Morgan fingerprint density at radius 2 is 1.63 bits per heavy atom. The predicted molar refractivity (Wildman–Crippen MR) is 79.5 cm³/mol. The fourth-order valence-corrected chi connectivity index (χ4v) is 1.95. The second kappa shape index (κ2) is 5.14. The van der Waals surface area contributed by atoms with Gasteiger partial charge in [0.15, 0.2) is 0 Å². The van der Waals surface area contributed by atoms with Gasteiger partial charge in [0, 0.05) is 5.56 Å². The first-order valence-corrected chi connectivity index (χ1v) is 6.22. The Morgan fingerprint density at radius 3 is 2.37 bits per heavy atom. The van der Waals surface area contributed by atoms with Gasteiger partial charge in [-0.05, 0) is 50.1 Å². The highest BCUT2D eigenvalue weighted by Crippen LogP contribution is 2.21. The van der Waals surface area contributed by atoms with Crippen LogP contribution in [-0.2, 0) is 0 Å². The lowest BCUT2D eigenvalue weighted by atomic mass is 10.0. The summed E-state index contributed by atoms with van der Waals surface area (Å²) < 4.78 is 0. The van der Waals surface area contributed by atoms with Gasteiger partial charge in [-0.3, -0.25) is 4.79 Å². The van der Waals surface area contributed by atoms with E-state index in [2.05, 4.69) is 5.32 Å². The maximum absolute atomic E-state index is 12.3. The van der Waals surface area contributed by atoms with Gasteiger partial charge in [-0.15, -0.1) is 0 Å². The molecule has 2 aromatic rings. The van der Waals surface area contributed by atoms with E-state index in [1.54, 1.807) is 6.07 Å². The number of rotatable bonds is 2. The van der Waals surface area contributed by atoms with Gasteiger partial charge in [-0.2, -0.15) is 0 Å². The van der Waals surface area contributed by atoms with Crippen LogP contribution in [0.3, 0.4) is 0 Å². The third-order valence-electron chi connectivity index (χ3n) is 3.09. The molecule has 0 unspecified atom stereocenters. The maximum Gasteiger partial charge on any atom is 0.255 e. The Morgan fingerprint density at radius 1 is 1.00 bits per heavy atom. The van der Waals surface area contributed by atoms with Crippen LogP contribution in [0.15, 0.2) is 36.4 Å². The maximum atomic E-state index is 12.3. The molecule has 3 N–H and O–H groups in total. The van der Waals surface area contributed by atoms with E-state index in [0.29, 0.717) is 16.9 Å². The molecule has 3 heteroatoms. The first-order chi connectivity index (χ1) is 8.97. The van der Waals surface area contributed by atoms with E-state index < -0.39 is 0 Å². The van der Waals surface area contributed by atoms with Crippen molar-refractivity contribution in [2.75, 3.05) is 11.1 Å². The van der Waals surface area contributed by atoms with E-state index in [4.69, 9.17) is 5.73 Å². The van der Waals surface area contributed by atoms with Crippen LogP contribution in [0.2, 0.25) is 0 Å². The first-order valence-electron chi connectivity index (χ1n) is 6.22. The number of hydrogen-bond donors (Lipinski definition) is 2. The van der Waals surface area contributed by atoms with E-state index in [1.807, 2.05) is 51.1 Å². The molecule has 19 heavy (non-hydrogen) atoms. The Labute approximate surface area is 113 Å². The van der Waals surface area contributed by atoms with Crippen molar-refractivity contribution in [3.8, 4) is 0 Å². The molecule has 0 aliphatic heterocycles. The highest BCUT2D eigenvalue weighted by Gasteiger charge is 2.11. The third kappa shape index (κ3) is 2.94. The average molecular weight is 254 g/mol. The van der Waals surface area contributed by atoms with Crippen LogP contribution in [0.25, 0.3) is 0 Å². The summed E-state index contributed by atoms with van der Waals surface area (Å²) >= 11 is 0. The highest BCUT2D eigenvalue weighted by molar-refractivity contribution is 6.06. The summed E-state index contributed by atoms with van der Waals surface area (Å²) in [5, 5.41) is 2.87. The molecule has 98 valence electrons. The molecule has 0 fully saturated rings. The van der Waals surface area contributed by atoms with E-state index in [9.17, 15) is 4.79 Å². The second-order valence-corrected chi connectivity index (χ2v) is 4.86. The van der Waals surface area contributed by atoms with Gasteiger partial charge in [0.1, 0.15) is 0 Å². The number of anilines is 2. The molecule has 0 radical (unpaired) electrons. The topological polar surface area (TPSA) is 55.1 Å². The summed E-state index contributed by atoms with van der Waals surface area (Å²) in [5.74, 6) is -0.126. The number of nitrogens with one attached hydrogen (secondary N) is 1. The minimum atomic E-state index is -0.126. The standard InChI is InChI=1S/C16H18N2O/c1-10-4-6-12(3)13(8-10)16(19)18-15-9-11(2)5-7-14(15)17/h4-9H,17H2,1-3H3,(H,18,19). The summed E-state index contributed by atoms with van der Waals surface area (Å²) in [4.78, 5) is 12.3. The highest BCUT2D eigenvalue weighted by atomic mass is 16.1. The SMILES string of the molecule is Cc1ccc(N)c(NC(=O)c2cc(C)ccc2C)c1. The molecule has 0 saturated heterocycles. The number of carbonyl (C=O) groups excluding carboxylic acids is 1. The fourth-order valence-electron chi connectivity index (χ4n) is 1.95. The Balaban J connectivity index is 2.30. The lowest BCUT2D eigenvalue weighted by molar-refractivity contribution is 0.102. The minimum Gasteiger partial charge on any atom is -0.397 e. The molecule has 0 spiro atoms. The number of nitrogens with two attached hydrogens (primary N) is 1. The van der Waals surface area contributed by atoms with Crippen molar-refractivity contribution in [2.45, 2.75) is 20.8 Å². The number of hydrogen-bond acceptors (Lipinski definition) is 2. The summed E-state index contributed by atoms with van der Waals surface area (Å²) in [6.45, 7) is 5.86. The monoisotopic (exact) mass is 254 g/mol. The van der Waals surface area contributed by atoms with Gasteiger partial charge in [-0.1, -0.05) is 23.8 Å². The van der Waals surface area contributed by atoms with Crippen LogP contribution >= 0.6 is 0 Å². The third-order valence-corrected chi connectivity index (χ3v) is 3.09. The van der Waals surface area contributed by atoms with Crippen LogP contribution in [0.1, 0.15) is 27.0 Å². The van der Waals surface area contributed by atoms with Crippen LogP contribution in [-0.4, -0.2) is 5.91 Å². The zero-order chi connectivity index (χ0) is 14.0. The van der Waals surface area contributed by atoms with Crippen LogP contribution in [0.4, 0.5) is 11.4 Å². The molecule has 0 aliphatic carbocycles. The molecule has 0 saturated carbocycles. The zero-order valence-corrected chi connectivity index (χ0v) is 11.4. The van der Waals surface area contributed by atoms with E-state index >= 15 is 0 Å². The van der Waals surface area contributed by atoms with Crippen LogP contribution in [0, 0.1) is 20.8 Å². The van der Waals surface area contributed by atoms with Crippen molar-refractivity contribution in [2.24, 2.45) is 0 Å². The van der Waals surface area contributed by atoms with Gasteiger partial charge in [-0.25, -0.2) is 0 Å². The molecule has 0 aliphatic rings. The summed E-state index contributed by atoms with van der Waals surface area (Å²) in [7, 11) is 0. The molecule has 2 rings (SSSR count). The molecule has 3 nitrogen and oxygen atoms in total. The van der Waals surface area contributed by atoms with Crippen molar-refractivity contribution in [3.05, 3.63) is 58.7 Å². The molecule has 0 aromatic heterocycles. The van der Waals surface area contributed by atoms with Crippen LogP contribution in [0.5, 0.6) is 0 Å². The van der Waals surface area contributed by atoms with Gasteiger partial charge < -0.3 is 11.1 Å². The molecule has 1 amide bonds. The van der Waals surface area contributed by atoms with E-state index in [-0.39, 0.29) is 5.91 Å². The smallest absolute Gasteiger partial charge is 0.255 e. The van der Waals surface area contributed by atoms with Gasteiger partial charge in [0.25, 0.3) is 5.91 Å². The zero-order valence-electron chi connectivity index (χ0n) is 11.4. The van der Waals surface area contributed by atoms with Crippen molar-refractivity contribution < 1.29 is 4.79 Å². The lowest BCUT2D eigenvalue weighted by Crippen LogP contribution is -2.14. The molecule has 0 atom stereocenters. The van der Waals surface area contributed by atoms with Crippen molar-refractivity contribution >= 4 is 17.3 Å². The Kier molecular flexibility index (Phi) is 3.56. The molecular formula is C16H18N2O. The first kappa shape index (κ1) is 13.1. The number of aryl methyl sites for hydroxylation is 3. The summed E-state index contributed by atoms with van der Waals surface area (Å²) in [6.07, 6.45) is 0. The number of carbonyl (C=O) groups is 1. The van der Waals surface area contributed by atoms with Crippen LogP contribution < -0.4 is 11.1 Å². The Hall–Kier alpha value is -2.29. The van der Waals surface area contributed by atoms with Gasteiger partial charge >= 0.3 is 0 Å². The number of nitrogen functional groups attached to an aromatic ring is 1. The largest absolute Gasteiger partial charge is 0.397 e. The summed E-state index contributed by atoms with van der Waals surface area (Å²) in [5.41, 5.74) is 10.9. The number of amides is 1. The summed E-state index contributed by atoms with van der Waals surface area (Å²) in [6, 6.07) is 11.4. The Bertz CT molecular complexity index is 633. The van der Waals surface area contributed by atoms with E-state index in [1.165, 1.54) is 0 Å². The van der Waals surface area contributed by atoms with Crippen molar-refractivity contribution in [3.63, 3.8) is 0 Å². The molecule has 0 bridgehead atoms. The van der Waals surface area contributed by atoms with E-state index in [0.717, 1.165) is 16.7 Å². The molecule has 0 heterocycles. The van der Waals surface area contributed by atoms with Crippen molar-refractivity contribution in [1.82, 2.24) is 0 Å². The number of benzene rings is 2. The lowest BCUT2D eigenvalue weighted by Gasteiger charge is -2.11. The fraction of sp³-hybridized carbons (Fsp3) is 0.188. The minimum absolute atomic E-state index is 0.126. The molecular weight excluding hydrogens is 236 g/mol. The predicted octanol–water partition coefficient (Wildman–Crippen LogP) is 3.45. The quantitative estimate of drug-likeness (QED) is 0.806.